The van der Waals surface area contributed by atoms with Crippen molar-refractivity contribution in [3.63, 3.8) is 0 Å². The van der Waals surface area contributed by atoms with Gasteiger partial charge in [-0.1, -0.05) is 66.7 Å². The summed E-state index contributed by atoms with van der Waals surface area (Å²) in [5.74, 6) is 0.597. The van der Waals surface area contributed by atoms with Crippen LogP contribution in [0.25, 0.3) is 16.7 Å². The molecular formula is C22H15F3OS. The molecule has 3 aromatic carbocycles. The summed E-state index contributed by atoms with van der Waals surface area (Å²) >= 11 is -0.0995. The lowest BCUT2D eigenvalue weighted by Crippen LogP contribution is -2.14. The van der Waals surface area contributed by atoms with E-state index in [1.165, 1.54) is 0 Å². The molecule has 1 aliphatic heterocycles. The second-order valence-corrected chi connectivity index (χ2v) is 7.24. The van der Waals surface area contributed by atoms with Crippen LogP contribution < -0.4 is 4.74 Å². The Kier molecular flexibility index (Phi) is 4.70. The minimum absolute atomic E-state index is 0.0912. The highest BCUT2D eigenvalue weighted by Crippen LogP contribution is 2.47. The monoisotopic (exact) mass is 384 g/mol. The van der Waals surface area contributed by atoms with E-state index in [9.17, 15) is 13.2 Å². The van der Waals surface area contributed by atoms with Crippen LogP contribution in [-0.2, 0) is 0 Å². The van der Waals surface area contributed by atoms with E-state index < -0.39 is 5.51 Å². The van der Waals surface area contributed by atoms with Gasteiger partial charge in [0.05, 0.1) is 0 Å². The average molecular weight is 384 g/mol. The standard InChI is InChI=1S/C22H15F3OS/c23-22(24,25)27-20-14-26-19-12-11-17(15-7-3-1-4-8-15)13-18(19)21(20)16-9-5-2-6-10-16/h1-13H,14H2. The molecule has 0 saturated carbocycles. The Hall–Kier alpha value is -2.66. The second kappa shape index (κ2) is 7.16. The Balaban J connectivity index is 1.90. The molecule has 0 N–H and O–H groups in total. The molecule has 0 bridgehead atoms. The Bertz CT molecular complexity index is 979. The Morgan fingerprint density at radius 2 is 1.37 bits per heavy atom. The van der Waals surface area contributed by atoms with E-state index in [-0.39, 0.29) is 23.3 Å². The number of fused-ring (bicyclic) bond motifs is 1. The summed E-state index contributed by atoms with van der Waals surface area (Å²) in [6, 6.07) is 24.6. The van der Waals surface area contributed by atoms with E-state index >= 15 is 0 Å². The summed E-state index contributed by atoms with van der Waals surface area (Å²) in [7, 11) is 0. The van der Waals surface area contributed by atoms with Crippen LogP contribution >= 0.6 is 11.8 Å². The van der Waals surface area contributed by atoms with E-state index in [1.54, 1.807) is 0 Å². The predicted octanol–water partition coefficient (Wildman–Crippen LogP) is 6.76. The van der Waals surface area contributed by atoms with Crippen molar-refractivity contribution in [3.05, 3.63) is 94.9 Å². The highest BCUT2D eigenvalue weighted by Gasteiger charge is 2.34. The van der Waals surface area contributed by atoms with Gasteiger partial charge in [-0.25, -0.2) is 0 Å². The number of ether oxygens (including phenoxy) is 1. The maximum atomic E-state index is 13.1. The lowest BCUT2D eigenvalue weighted by Gasteiger charge is -2.25. The molecule has 0 atom stereocenters. The highest BCUT2D eigenvalue weighted by atomic mass is 32.2. The van der Waals surface area contributed by atoms with Crippen molar-refractivity contribution in [2.45, 2.75) is 5.51 Å². The first-order valence-corrected chi connectivity index (χ1v) is 9.20. The van der Waals surface area contributed by atoms with Crippen LogP contribution in [0.1, 0.15) is 11.1 Å². The third-order valence-corrected chi connectivity index (χ3v) is 5.09. The Morgan fingerprint density at radius 3 is 2.00 bits per heavy atom. The van der Waals surface area contributed by atoms with Crippen LogP contribution in [0.3, 0.4) is 0 Å². The third kappa shape index (κ3) is 3.88. The van der Waals surface area contributed by atoms with E-state index in [2.05, 4.69) is 0 Å². The van der Waals surface area contributed by atoms with Gasteiger partial charge < -0.3 is 4.74 Å². The summed E-state index contributed by atoms with van der Waals surface area (Å²) < 4.78 is 45.0. The molecule has 0 radical (unpaired) electrons. The van der Waals surface area contributed by atoms with Crippen molar-refractivity contribution in [1.82, 2.24) is 0 Å². The summed E-state index contributed by atoms with van der Waals surface area (Å²) in [4.78, 5) is 0.173. The summed E-state index contributed by atoms with van der Waals surface area (Å²) in [5, 5.41) is 0. The van der Waals surface area contributed by atoms with Crippen LogP contribution in [-0.4, -0.2) is 12.1 Å². The van der Waals surface area contributed by atoms with Crippen LogP contribution in [0.5, 0.6) is 5.75 Å². The lowest BCUT2D eigenvalue weighted by atomic mass is 9.92. The van der Waals surface area contributed by atoms with Crippen molar-refractivity contribution in [2.24, 2.45) is 0 Å². The van der Waals surface area contributed by atoms with Gasteiger partial charge >= 0.3 is 5.51 Å². The zero-order chi connectivity index (χ0) is 18.9. The van der Waals surface area contributed by atoms with Crippen LogP contribution in [0, 0.1) is 0 Å². The fraction of sp³-hybridized carbons (Fsp3) is 0.0909. The fourth-order valence-corrected chi connectivity index (χ4v) is 3.90. The van der Waals surface area contributed by atoms with Gasteiger partial charge in [0.25, 0.3) is 0 Å². The summed E-state index contributed by atoms with van der Waals surface area (Å²) in [6.45, 7) is -0.0912. The molecule has 27 heavy (non-hydrogen) atoms. The quantitative estimate of drug-likeness (QED) is 0.493. The van der Waals surface area contributed by atoms with Gasteiger partial charge in [-0.2, -0.15) is 13.2 Å². The maximum Gasteiger partial charge on any atom is 0.446 e. The highest BCUT2D eigenvalue weighted by molar-refractivity contribution is 8.04. The van der Waals surface area contributed by atoms with Crippen molar-refractivity contribution in [2.75, 3.05) is 6.61 Å². The normalized spacial score (nSPS) is 13.9. The van der Waals surface area contributed by atoms with Crippen molar-refractivity contribution in [1.29, 1.82) is 0 Å². The predicted molar refractivity (Wildman–Crippen MR) is 103 cm³/mol. The third-order valence-electron chi connectivity index (χ3n) is 4.30. The number of benzene rings is 3. The van der Waals surface area contributed by atoms with Crippen LogP contribution in [0.2, 0.25) is 0 Å². The number of hydrogen-bond donors (Lipinski definition) is 0. The molecule has 5 heteroatoms. The van der Waals surface area contributed by atoms with Gasteiger partial charge in [0, 0.05) is 16.0 Å². The molecule has 136 valence electrons. The lowest BCUT2D eigenvalue weighted by molar-refractivity contribution is -0.0323. The Morgan fingerprint density at radius 1 is 0.741 bits per heavy atom. The molecule has 1 heterocycles. The van der Waals surface area contributed by atoms with Gasteiger partial charge in [0.15, 0.2) is 0 Å². The van der Waals surface area contributed by atoms with Gasteiger partial charge in [-0.3, -0.25) is 0 Å². The van der Waals surface area contributed by atoms with Gasteiger partial charge in [0.1, 0.15) is 12.4 Å². The van der Waals surface area contributed by atoms with Gasteiger partial charge in [-0.05, 0) is 40.6 Å². The molecule has 1 aliphatic rings. The zero-order valence-electron chi connectivity index (χ0n) is 14.2. The van der Waals surface area contributed by atoms with E-state index in [4.69, 9.17) is 4.74 Å². The zero-order valence-corrected chi connectivity index (χ0v) is 15.0. The molecule has 0 aliphatic carbocycles. The number of rotatable bonds is 3. The minimum Gasteiger partial charge on any atom is -0.488 e. The average Bonchev–Trinajstić information content (AvgIpc) is 2.67. The molecule has 0 fully saturated rings. The molecule has 0 amide bonds. The summed E-state index contributed by atoms with van der Waals surface area (Å²) in [6.07, 6.45) is 0. The van der Waals surface area contributed by atoms with Crippen molar-refractivity contribution >= 4 is 17.3 Å². The molecule has 1 nitrogen and oxygen atoms in total. The van der Waals surface area contributed by atoms with Gasteiger partial charge in [0.2, 0.25) is 0 Å². The molecule has 0 aromatic heterocycles. The van der Waals surface area contributed by atoms with Crippen LogP contribution in [0.4, 0.5) is 13.2 Å². The fourth-order valence-electron chi connectivity index (χ4n) is 3.17. The van der Waals surface area contributed by atoms with Crippen molar-refractivity contribution < 1.29 is 17.9 Å². The van der Waals surface area contributed by atoms with Gasteiger partial charge in [-0.15, -0.1) is 0 Å². The number of alkyl halides is 3. The molecule has 4 rings (SSSR count). The maximum absolute atomic E-state index is 13.1. The molecule has 0 saturated heterocycles. The second-order valence-electron chi connectivity index (χ2n) is 6.08. The van der Waals surface area contributed by atoms with E-state index in [0.717, 1.165) is 16.7 Å². The number of halogens is 3. The van der Waals surface area contributed by atoms with E-state index in [1.807, 2.05) is 78.9 Å². The molecular weight excluding hydrogens is 369 g/mol. The Labute approximate surface area is 159 Å². The largest absolute Gasteiger partial charge is 0.488 e. The first kappa shape index (κ1) is 17.7. The number of thioether (sulfide) groups is 1. The first-order valence-electron chi connectivity index (χ1n) is 8.38. The SMILES string of the molecule is FC(F)(F)SC1=C(c2ccccc2)c2cc(-c3ccccc3)ccc2OC1. The molecule has 0 spiro atoms. The van der Waals surface area contributed by atoms with Crippen LogP contribution in [0.15, 0.2) is 83.8 Å². The van der Waals surface area contributed by atoms with E-state index in [0.29, 0.717) is 16.9 Å². The number of hydrogen-bond acceptors (Lipinski definition) is 2. The summed E-state index contributed by atoms with van der Waals surface area (Å²) in [5.41, 5.74) is -0.419. The minimum atomic E-state index is -4.37. The smallest absolute Gasteiger partial charge is 0.446 e. The topological polar surface area (TPSA) is 9.23 Å². The van der Waals surface area contributed by atoms with Crippen molar-refractivity contribution in [3.8, 4) is 16.9 Å². The first-order chi connectivity index (χ1) is 13.0. The molecule has 0 unspecified atom stereocenters. The molecule has 3 aromatic rings.